The zero-order chi connectivity index (χ0) is 22.7. The molecule has 2 aromatic carbocycles. The second-order valence-electron chi connectivity index (χ2n) is 8.22. The summed E-state index contributed by atoms with van der Waals surface area (Å²) in [5, 5.41) is 7.01. The number of thiocarbonyl (C=S) groups is 1. The molecular formula is C25H28N6S. The maximum absolute atomic E-state index is 5.62. The van der Waals surface area contributed by atoms with E-state index in [0.717, 1.165) is 42.1 Å². The van der Waals surface area contributed by atoms with Gasteiger partial charge in [0.2, 0.25) is 17.0 Å². The molecule has 6 nitrogen and oxygen atoms in total. The summed E-state index contributed by atoms with van der Waals surface area (Å²) in [6, 6.07) is 16.7. The van der Waals surface area contributed by atoms with E-state index in [2.05, 4.69) is 81.8 Å². The number of nitrogens with one attached hydrogen (secondary N) is 2. The molecule has 0 spiro atoms. The maximum atomic E-state index is 5.62. The van der Waals surface area contributed by atoms with Gasteiger partial charge < -0.3 is 10.2 Å². The average molecular weight is 445 g/mol. The molecule has 0 fully saturated rings. The van der Waals surface area contributed by atoms with Gasteiger partial charge in [0.25, 0.3) is 0 Å². The lowest BCUT2D eigenvalue weighted by atomic mass is 10.0. The third-order valence-electron chi connectivity index (χ3n) is 5.48. The Hall–Kier alpha value is -3.32. The molecule has 1 aromatic heterocycles. The average Bonchev–Trinajstić information content (AvgIpc) is 2.75. The van der Waals surface area contributed by atoms with Crippen LogP contribution in [0.25, 0.3) is 0 Å². The maximum Gasteiger partial charge on any atom is 0.229 e. The molecule has 1 aliphatic heterocycles. The van der Waals surface area contributed by atoms with E-state index in [1.165, 1.54) is 16.7 Å². The smallest absolute Gasteiger partial charge is 0.229 e. The summed E-state index contributed by atoms with van der Waals surface area (Å²) in [6.07, 6.45) is 0.946. The van der Waals surface area contributed by atoms with Crippen molar-refractivity contribution in [2.45, 2.75) is 40.7 Å². The molecule has 4 rings (SSSR count). The van der Waals surface area contributed by atoms with Crippen molar-refractivity contribution < 1.29 is 0 Å². The Kier molecular flexibility index (Phi) is 6.46. The van der Waals surface area contributed by atoms with E-state index >= 15 is 0 Å². The van der Waals surface area contributed by atoms with Crippen molar-refractivity contribution in [1.82, 2.24) is 14.9 Å². The fourth-order valence-corrected chi connectivity index (χ4v) is 4.04. The van der Waals surface area contributed by atoms with Crippen molar-refractivity contribution in [3.8, 4) is 0 Å². The number of benzene rings is 2. The van der Waals surface area contributed by atoms with E-state index < -0.39 is 0 Å². The molecule has 0 saturated carbocycles. The zero-order valence-corrected chi connectivity index (χ0v) is 19.8. The lowest BCUT2D eigenvalue weighted by molar-refractivity contribution is 0.393. The van der Waals surface area contributed by atoms with E-state index in [0.29, 0.717) is 17.0 Å². The van der Waals surface area contributed by atoms with Crippen molar-refractivity contribution in [3.63, 3.8) is 0 Å². The van der Waals surface area contributed by atoms with E-state index in [-0.39, 0.29) is 0 Å². The molecule has 0 amide bonds. The number of aromatic nitrogens is 2. The summed E-state index contributed by atoms with van der Waals surface area (Å²) < 4.78 is 0. The van der Waals surface area contributed by atoms with Gasteiger partial charge in [0.1, 0.15) is 0 Å². The summed E-state index contributed by atoms with van der Waals surface area (Å²) in [5.41, 5.74) is 7.72. The van der Waals surface area contributed by atoms with Crippen molar-refractivity contribution >= 4 is 34.9 Å². The summed E-state index contributed by atoms with van der Waals surface area (Å²) in [5.74, 6) is 1.17. The standard InChI is InChI=1S/C25H28N6S/c1-16-9-10-17(2)22(13-16)28-25(32)30-24(29-23-26-18(3)14-19(4)27-23)31-12-11-20-7-5-6-8-21(20)15-31/h5-10,13-14H,11-12,15H2,1-4H3,(H2,26,27,28,29,30,32). The normalized spacial score (nSPS) is 13.5. The third kappa shape index (κ3) is 5.29. The molecule has 0 bridgehead atoms. The molecule has 32 heavy (non-hydrogen) atoms. The third-order valence-corrected chi connectivity index (χ3v) is 5.67. The first kappa shape index (κ1) is 21.9. The summed E-state index contributed by atoms with van der Waals surface area (Å²) >= 11 is 5.62. The highest BCUT2D eigenvalue weighted by molar-refractivity contribution is 7.80. The minimum Gasteiger partial charge on any atom is -0.338 e. The van der Waals surface area contributed by atoms with Crippen molar-refractivity contribution in [2.24, 2.45) is 4.99 Å². The number of rotatable bonds is 2. The molecule has 7 heteroatoms. The van der Waals surface area contributed by atoms with Crippen molar-refractivity contribution in [1.29, 1.82) is 0 Å². The molecule has 0 aliphatic carbocycles. The molecule has 2 heterocycles. The molecule has 0 radical (unpaired) electrons. The number of anilines is 2. The van der Waals surface area contributed by atoms with Gasteiger partial charge in [-0.25, -0.2) is 9.97 Å². The molecule has 3 aromatic rings. The van der Waals surface area contributed by atoms with Crippen LogP contribution in [-0.2, 0) is 13.0 Å². The van der Waals surface area contributed by atoms with Crippen LogP contribution in [0.1, 0.15) is 33.6 Å². The highest BCUT2D eigenvalue weighted by atomic mass is 32.1. The fraction of sp³-hybridized carbons (Fsp3) is 0.280. The van der Waals surface area contributed by atoms with Gasteiger partial charge in [-0.2, -0.15) is 4.99 Å². The minimum absolute atomic E-state index is 0.393. The largest absolute Gasteiger partial charge is 0.338 e. The number of aryl methyl sites for hydroxylation is 4. The van der Waals surface area contributed by atoms with Gasteiger partial charge in [-0.1, -0.05) is 36.4 Å². The Labute approximate surface area is 194 Å². The fourth-order valence-electron chi connectivity index (χ4n) is 3.85. The van der Waals surface area contributed by atoms with Crippen LogP contribution in [0.15, 0.2) is 53.5 Å². The molecular weight excluding hydrogens is 416 g/mol. The molecule has 0 atom stereocenters. The first-order chi connectivity index (χ1) is 15.4. The number of guanidine groups is 1. The molecule has 164 valence electrons. The first-order valence-electron chi connectivity index (χ1n) is 10.8. The predicted molar refractivity (Wildman–Crippen MR) is 135 cm³/mol. The zero-order valence-electron chi connectivity index (χ0n) is 18.9. The summed E-state index contributed by atoms with van der Waals surface area (Å²) in [6.45, 7) is 9.62. The predicted octanol–water partition coefficient (Wildman–Crippen LogP) is 4.93. The van der Waals surface area contributed by atoms with E-state index in [1.54, 1.807) is 0 Å². The summed E-state index contributed by atoms with van der Waals surface area (Å²) in [7, 11) is 0. The van der Waals surface area contributed by atoms with Crippen molar-refractivity contribution in [2.75, 3.05) is 17.2 Å². The Bertz CT molecular complexity index is 1170. The SMILES string of the molecule is Cc1ccc(C)c(NC(=S)/N=C(/Nc2nc(C)cc(C)n2)N2CCc3ccccc3C2)c1. The number of nitrogens with zero attached hydrogens (tertiary/aromatic N) is 4. The van der Waals surface area contributed by atoms with Gasteiger partial charge >= 0.3 is 0 Å². The second kappa shape index (κ2) is 9.44. The first-order valence-corrected chi connectivity index (χ1v) is 11.2. The quantitative estimate of drug-likeness (QED) is 0.332. The Balaban J connectivity index is 1.63. The van der Waals surface area contributed by atoms with Crippen LogP contribution < -0.4 is 10.6 Å². The van der Waals surface area contributed by atoms with Crippen LogP contribution >= 0.6 is 12.2 Å². The van der Waals surface area contributed by atoms with Crippen LogP contribution in [-0.4, -0.2) is 32.5 Å². The van der Waals surface area contributed by atoms with Gasteiger partial charge in [-0.15, -0.1) is 0 Å². The van der Waals surface area contributed by atoms with Gasteiger partial charge in [-0.3, -0.25) is 5.32 Å². The number of hydrogen-bond acceptors (Lipinski definition) is 3. The van der Waals surface area contributed by atoms with Crippen LogP contribution in [0.3, 0.4) is 0 Å². The van der Waals surface area contributed by atoms with Gasteiger partial charge in [-0.05, 0) is 80.7 Å². The number of aliphatic imine (C=N–C) groups is 1. The van der Waals surface area contributed by atoms with E-state index in [9.17, 15) is 0 Å². The summed E-state index contributed by atoms with van der Waals surface area (Å²) in [4.78, 5) is 16.0. The lowest BCUT2D eigenvalue weighted by Gasteiger charge is -2.31. The Morgan fingerprint density at radius 3 is 2.41 bits per heavy atom. The van der Waals surface area contributed by atoms with Crippen LogP contribution in [0.5, 0.6) is 0 Å². The second-order valence-corrected chi connectivity index (χ2v) is 8.61. The van der Waals surface area contributed by atoms with E-state index in [4.69, 9.17) is 17.2 Å². The minimum atomic E-state index is 0.393. The van der Waals surface area contributed by atoms with E-state index in [1.807, 2.05) is 19.9 Å². The molecule has 2 N–H and O–H groups in total. The van der Waals surface area contributed by atoms with Crippen molar-refractivity contribution in [3.05, 3.63) is 82.2 Å². The van der Waals surface area contributed by atoms with Crippen LogP contribution in [0.2, 0.25) is 0 Å². The Morgan fingerprint density at radius 1 is 0.938 bits per heavy atom. The van der Waals surface area contributed by atoms with Gasteiger partial charge in [0, 0.05) is 30.2 Å². The highest BCUT2D eigenvalue weighted by Crippen LogP contribution is 2.20. The van der Waals surface area contributed by atoms with Gasteiger partial charge in [0.15, 0.2) is 0 Å². The Morgan fingerprint density at radius 2 is 1.66 bits per heavy atom. The van der Waals surface area contributed by atoms with Gasteiger partial charge in [0.05, 0.1) is 0 Å². The topological polar surface area (TPSA) is 65.4 Å². The molecule has 0 unspecified atom stereocenters. The monoisotopic (exact) mass is 444 g/mol. The van der Waals surface area contributed by atoms with Crippen LogP contribution in [0, 0.1) is 27.7 Å². The molecule has 0 saturated heterocycles. The van der Waals surface area contributed by atoms with Crippen LogP contribution in [0.4, 0.5) is 11.6 Å². The number of hydrogen-bond donors (Lipinski definition) is 2. The lowest BCUT2D eigenvalue weighted by Crippen LogP contribution is -2.41. The highest BCUT2D eigenvalue weighted by Gasteiger charge is 2.21. The number of fused-ring (bicyclic) bond motifs is 1. The molecule has 1 aliphatic rings.